The van der Waals surface area contributed by atoms with E-state index in [0.717, 1.165) is 66.5 Å². The lowest BCUT2D eigenvalue weighted by molar-refractivity contribution is -0.133. The van der Waals surface area contributed by atoms with Gasteiger partial charge in [-0.15, -0.1) is 0 Å². The maximum Gasteiger partial charge on any atom is 0.237 e. The van der Waals surface area contributed by atoms with Gasteiger partial charge in [-0.3, -0.25) is 9.69 Å². The molecule has 1 N–H and O–H groups in total. The summed E-state index contributed by atoms with van der Waals surface area (Å²) in [6.45, 7) is 5.45. The van der Waals surface area contributed by atoms with E-state index in [2.05, 4.69) is 33.0 Å². The standard InChI is InChI=1S/C24H27ClN4O2/c1-31-19-5-6-22-20(14-19)21-15-29(8-7-23(21)26-22)24(30)16-27-9-11-28(12-10-27)18-4-2-3-17(25)13-18/h2-6,13-14,26H,7-12,15-16H2,1H3. The molecule has 0 atom stereocenters. The summed E-state index contributed by atoms with van der Waals surface area (Å²) in [7, 11) is 1.68. The Bertz CT molecular complexity index is 1100. The third-order valence-corrected chi connectivity index (χ3v) is 6.67. The van der Waals surface area contributed by atoms with E-state index in [1.807, 2.05) is 29.2 Å². The van der Waals surface area contributed by atoms with Gasteiger partial charge in [0.05, 0.1) is 13.7 Å². The monoisotopic (exact) mass is 438 g/mol. The van der Waals surface area contributed by atoms with Gasteiger partial charge in [-0.25, -0.2) is 0 Å². The number of fused-ring (bicyclic) bond motifs is 3. The van der Waals surface area contributed by atoms with Crippen LogP contribution in [0.3, 0.4) is 0 Å². The summed E-state index contributed by atoms with van der Waals surface area (Å²) in [5, 5.41) is 1.91. The molecule has 2 aromatic carbocycles. The molecule has 2 aliphatic rings. The van der Waals surface area contributed by atoms with E-state index in [9.17, 15) is 4.79 Å². The van der Waals surface area contributed by atoms with Crippen LogP contribution in [0.5, 0.6) is 5.75 Å². The van der Waals surface area contributed by atoms with Crippen molar-refractivity contribution in [3.05, 3.63) is 58.7 Å². The molecule has 0 radical (unpaired) electrons. The number of hydrogen-bond donors (Lipinski definition) is 1. The molecule has 5 rings (SSSR count). The number of amides is 1. The van der Waals surface area contributed by atoms with Gasteiger partial charge in [-0.05, 0) is 36.4 Å². The number of ether oxygens (including phenoxy) is 1. The molecule has 7 heteroatoms. The molecule has 0 spiro atoms. The lowest BCUT2D eigenvalue weighted by Crippen LogP contribution is -2.50. The molecular weight excluding hydrogens is 412 g/mol. The van der Waals surface area contributed by atoms with Crippen LogP contribution in [0, 0.1) is 0 Å². The molecular formula is C24H27ClN4O2. The van der Waals surface area contributed by atoms with Crippen LogP contribution in [0.25, 0.3) is 10.9 Å². The topological polar surface area (TPSA) is 51.8 Å². The molecule has 0 unspecified atom stereocenters. The van der Waals surface area contributed by atoms with E-state index in [-0.39, 0.29) is 5.91 Å². The summed E-state index contributed by atoms with van der Waals surface area (Å²) in [5.74, 6) is 1.05. The van der Waals surface area contributed by atoms with Crippen molar-refractivity contribution in [2.24, 2.45) is 0 Å². The quantitative estimate of drug-likeness (QED) is 0.677. The second-order valence-electron chi connectivity index (χ2n) is 8.30. The number of nitrogens with zero attached hydrogens (tertiary/aromatic N) is 3. The first-order valence-electron chi connectivity index (χ1n) is 10.8. The first-order chi connectivity index (χ1) is 15.1. The molecule has 3 heterocycles. The van der Waals surface area contributed by atoms with Crippen molar-refractivity contribution in [3.63, 3.8) is 0 Å². The second-order valence-corrected chi connectivity index (χ2v) is 8.74. The van der Waals surface area contributed by atoms with Crippen molar-refractivity contribution in [2.45, 2.75) is 13.0 Å². The van der Waals surface area contributed by atoms with E-state index >= 15 is 0 Å². The molecule has 6 nitrogen and oxygen atoms in total. The fraction of sp³-hybridized carbons (Fsp3) is 0.375. The highest BCUT2D eigenvalue weighted by Crippen LogP contribution is 2.30. The van der Waals surface area contributed by atoms with E-state index in [4.69, 9.17) is 16.3 Å². The molecule has 162 valence electrons. The zero-order valence-electron chi connectivity index (χ0n) is 17.7. The van der Waals surface area contributed by atoms with Crippen LogP contribution in [0.4, 0.5) is 5.69 Å². The molecule has 1 saturated heterocycles. The molecule has 31 heavy (non-hydrogen) atoms. The summed E-state index contributed by atoms with van der Waals surface area (Å²) < 4.78 is 5.39. The van der Waals surface area contributed by atoms with Crippen molar-refractivity contribution >= 4 is 34.1 Å². The zero-order valence-corrected chi connectivity index (χ0v) is 18.5. The SMILES string of the molecule is COc1ccc2[nH]c3c(c2c1)CN(C(=O)CN1CCN(c2cccc(Cl)c2)CC1)CC3. The zero-order chi connectivity index (χ0) is 21.4. The van der Waals surface area contributed by atoms with E-state index in [1.165, 1.54) is 11.3 Å². The Morgan fingerprint density at radius 1 is 1.10 bits per heavy atom. The number of benzene rings is 2. The average Bonchev–Trinajstić information content (AvgIpc) is 3.16. The van der Waals surface area contributed by atoms with Crippen LogP contribution in [-0.2, 0) is 17.8 Å². The Morgan fingerprint density at radius 2 is 1.94 bits per heavy atom. The number of methoxy groups -OCH3 is 1. The number of rotatable bonds is 4. The molecule has 1 fully saturated rings. The van der Waals surface area contributed by atoms with Crippen LogP contribution in [0.1, 0.15) is 11.3 Å². The molecule has 1 aromatic heterocycles. The number of nitrogens with one attached hydrogen (secondary N) is 1. The van der Waals surface area contributed by atoms with Crippen LogP contribution >= 0.6 is 11.6 Å². The van der Waals surface area contributed by atoms with Crippen LogP contribution in [-0.4, -0.2) is 67.1 Å². The maximum atomic E-state index is 13.1. The first kappa shape index (κ1) is 20.2. The minimum atomic E-state index is 0.208. The van der Waals surface area contributed by atoms with Gasteiger partial charge in [0.15, 0.2) is 0 Å². The molecule has 1 amide bonds. The van der Waals surface area contributed by atoms with Gasteiger partial charge in [-0.1, -0.05) is 17.7 Å². The highest BCUT2D eigenvalue weighted by atomic mass is 35.5. The van der Waals surface area contributed by atoms with E-state index < -0.39 is 0 Å². The lowest BCUT2D eigenvalue weighted by atomic mass is 10.0. The first-order valence-corrected chi connectivity index (χ1v) is 11.2. The fourth-order valence-corrected chi connectivity index (χ4v) is 4.85. The Labute approximate surface area is 187 Å². The van der Waals surface area contributed by atoms with Gasteiger partial charge in [-0.2, -0.15) is 0 Å². The van der Waals surface area contributed by atoms with Gasteiger partial charge in [0.1, 0.15) is 5.75 Å². The highest BCUT2D eigenvalue weighted by Gasteiger charge is 2.26. The minimum absolute atomic E-state index is 0.208. The number of aromatic nitrogens is 1. The van der Waals surface area contributed by atoms with Gasteiger partial charge in [0.25, 0.3) is 0 Å². The predicted octanol–water partition coefficient (Wildman–Crippen LogP) is 3.54. The number of H-pyrrole nitrogens is 1. The molecule has 0 saturated carbocycles. The molecule has 0 bridgehead atoms. The van der Waals surface area contributed by atoms with Crippen molar-refractivity contribution in [1.29, 1.82) is 0 Å². The summed E-state index contributed by atoms with van der Waals surface area (Å²) in [4.78, 5) is 23.2. The highest BCUT2D eigenvalue weighted by molar-refractivity contribution is 6.30. The molecule has 2 aliphatic heterocycles. The third-order valence-electron chi connectivity index (χ3n) is 6.44. The number of carbonyl (C=O) groups excluding carboxylic acids is 1. The van der Waals surface area contributed by atoms with Crippen LogP contribution < -0.4 is 9.64 Å². The van der Waals surface area contributed by atoms with Crippen LogP contribution in [0.15, 0.2) is 42.5 Å². The van der Waals surface area contributed by atoms with Crippen LogP contribution in [0.2, 0.25) is 5.02 Å². The Balaban J connectivity index is 1.21. The fourth-order valence-electron chi connectivity index (χ4n) is 4.66. The average molecular weight is 439 g/mol. The van der Waals surface area contributed by atoms with Gasteiger partial charge in [0, 0.05) is 78.6 Å². The third kappa shape index (κ3) is 4.10. The van der Waals surface area contributed by atoms with Gasteiger partial charge < -0.3 is 19.5 Å². The molecule has 3 aromatic rings. The number of halogens is 1. The van der Waals surface area contributed by atoms with Crippen molar-refractivity contribution in [2.75, 3.05) is 51.3 Å². The lowest BCUT2D eigenvalue weighted by Gasteiger charge is -2.37. The summed E-state index contributed by atoms with van der Waals surface area (Å²) in [6, 6.07) is 14.1. The smallest absolute Gasteiger partial charge is 0.237 e. The van der Waals surface area contributed by atoms with Crippen molar-refractivity contribution < 1.29 is 9.53 Å². The number of anilines is 1. The van der Waals surface area contributed by atoms with Crippen molar-refractivity contribution in [1.82, 2.24) is 14.8 Å². The Hall–Kier alpha value is -2.70. The Kier molecular flexibility index (Phi) is 5.50. The number of hydrogen-bond acceptors (Lipinski definition) is 4. The summed E-state index contributed by atoms with van der Waals surface area (Å²) >= 11 is 6.13. The van der Waals surface area contributed by atoms with E-state index in [0.29, 0.717) is 13.1 Å². The Morgan fingerprint density at radius 3 is 2.71 bits per heavy atom. The normalized spacial score (nSPS) is 17.1. The predicted molar refractivity (Wildman–Crippen MR) is 124 cm³/mol. The maximum absolute atomic E-state index is 13.1. The van der Waals surface area contributed by atoms with Crippen molar-refractivity contribution in [3.8, 4) is 5.75 Å². The van der Waals surface area contributed by atoms with Gasteiger partial charge in [0.2, 0.25) is 5.91 Å². The summed E-state index contributed by atoms with van der Waals surface area (Å²) in [6.07, 6.45) is 0.862. The largest absolute Gasteiger partial charge is 0.497 e. The minimum Gasteiger partial charge on any atom is -0.497 e. The second kappa shape index (κ2) is 8.44. The number of aromatic amines is 1. The number of carbonyl (C=O) groups is 1. The van der Waals surface area contributed by atoms with E-state index in [1.54, 1.807) is 7.11 Å². The molecule has 0 aliphatic carbocycles. The summed E-state index contributed by atoms with van der Waals surface area (Å²) in [5.41, 5.74) is 4.72. The van der Waals surface area contributed by atoms with Gasteiger partial charge >= 0.3 is 0 Å². The number of piperazine rings is 1.